The first-order chi connectivity index (χ1) is 12.4. The minimum atomic E-state index is -1.02. The van der Waals surface area contributed by atoms with Crippen LogP contribution in [0.1, 0.15) is 30.6 Å². The normalized spacial score (nSPS) is 19.2. The van der Waals surface area contributed by atoms with Crippen molar-refractivity contribution >= 4 is 17.8 Å². The minimum absolute atomic E-state index is 0.210. The van der Waals surface area contributed by atoms with Crippen LogP contribution in [0.25, 0.3) is 0 Å². The van der Waals surface area contributed by atoms with Crippen LogP contribution in [0.5, 0.6) is 11.5 Å². The average molecular weight is 353 g/mol. The van der Waals surface area contributed by atoms with Crippen molar-refractivity contribution in [3.8, 4) is 11.5 Å². The SMILES string of the molecule is CCC1(C)NC(=O)N(NC(=O)c2ccccc2Oc2ccccc2)C1=O. The molecular formula is C19H19N3O4. The van der Waals surface area contributed by atoms with E-state index in [4.69, 9.17) is 4.74 Å². The van der Waals surface area contributed by atoms with Gasteiger partial charge in [-0.05, 0) is 37.6 Å². The van der Waals surface area contributed by atoms with Gasteiger partial charge in [-0.2, -0.15) is 5.01 Å². The largest absolute Gasteiger partial charge is 0.457 e. The number of hydrogen-bond donors (Lipinski definition) is 2. The minimum Gasteiger partial charge on any atom is -0.457 e. The molecule has 0 spiro atoms. The Morgan fingerprint density at radius 3 is 2.42 bits per heavy atom. The number of amides is 4. The van der Waals surface area contributed by atoms with Gasteiger partial charge in [0.2, 0.25) is 0 Å². The number of hydrazine groups is 1. The van der Waals surface area contributed by atoms with Gasteiger partial charge in [0.05, 0.1) is 5.56 Å². The molecule has 0 radical (unpaired) electrons. The van der Waals surface area contributed by atoms with Crippen molar-refractivity contribution < 1.29 is 19.1 Å². The third-order valence-electron chi connectivity index (χ3n) is 4.28. The second-order valence-electron chi connectivity index (χ2n) is 6.11. The molecule has 0 bridgehead atoms. The lowest BCUT2D eigenvalue weighted by Crippen LogP contribution is -2.48. The highest BCUT2D eigenvalue weighted by Crippen LogP contribution is 2.25. The van der Waals surface area contributed by atoms with Crippen LogP contribution >= 0.6 is 0 Å². The van der Waals surface area contributed by atoms with Crippen LogP contribution in [0.4, 0.5) is 4.79 Å². The van der Waals surface area contributed by atoms with E-state index in [1.807, 2.05) is 18.2 Å². The number of carbonyl (C=O) groups is 3. The Bertz CT molecular complexity index is 853. The van der Waals surface area contributed by atoms with E-state index in [1.54, 1.807) is 50.2 Å². The molecule has 1 unspecified atom stereocenters. The monoisotopic (exact) mass is 353 g/mol. The maximum absolute atomic E-state index is 12.6. The van der Waals surface area contributed by atoms with E-state index < -0.39 is 23.4 Å². The second kappa shape index (κ2) is 6.87. The Hall–Kier alpha value is -3.35. The molecule has 0 aromatic heterocycles. The molecule has 1 heterocycles. The van der Waals surface area contributed by atoms with Crippen molar-refractivity contribution in [2.24, 2.45) is 0 Å². The molecule has 1 aliphatic rings. The zero-order valence-electron chi connectivity index (χ0n) is 14.5. The van der Waals surface area contributed by atoms with E-state index in [0.29, 0.717) is 22.9 Å². The van der Waals surface area contributed by atoms with Crippen molar-refractivity contribution in [2.75, 3.05) is 0 Å². The number of ether oxygens (including phenoxy) is 1. The lowest BCUT2D eigenvalue weighted by molar-refractivity contribution is -0.132. The van der Waals surface area contributed by atoms with E-state index in [9.17, 15) is 14.4 Å². The summed E-state index contributed by atoms with van der Waals surface area (Å²) in [6.45, 7) is 3.40. The summed E-state index contributed by atoms with van der Waals surface area (Å²) >= 11 is 0. The number of imide groups is 1. The van der Waals surface area contributed by atoms with Crippen molar-refractivity contribution in [3.63, 3.8) is 0 Å². The topological polar surface area (TPSA) is 87.7 Å². The first-order valence-corrected chi connectivity index (χ1v) is 8.24. The van der Waals surface area contributed by atoms with Crippen LogP contribution in [0, 0.1) is 0 Å². The lowest BCUT2D eigenvalue weighted by atomic mass is 10.00. The van der Waals surface area contributed by atoms with Crippen molar-refractivity contribution in [2.45, 2.75) is 25.8 Å². The van der Waals surface area contributed by atoms with Crippen molar-refractivity contribution in [1.29, 1.82) is 0 Å². The number of hydrogen-bond acceptors (Lipinski definition) is 4. The number of urea groups is 1. The highest BCUT2D eigenvalue weighted by atomic mass is 16.5. The van der Waals surface area contributed by atoms with Gasteiger partial charge in [0.25, 0.3) is 11.8 Å². The molecule has 0 aliphatic carbocycles. The molecule has 134 valence electrons. The van der Waals surface area contributed by atoms with Gasteiger partial charge in [0.15, 0.2) is 0 Å². The van der Waals surface area contributed by atoms with Crippen LogP contribution in [-0.4, -0.2) is 28.4 Å². The summed E-state index contributed by atoms with van der Waals surface area (Å²) in [4.78, 5) is 37.1. The standard InChI is InChI=1S/C19H19N3O4/c1-3-19(2)17(24)22(18(25)20-19)21-16(23)14-11-7-8-12-15(14)26-13-9-5-4-6-10-13/h4-12H,3H2,1-2H3,(H,20,25)(H,21,23). The van der Waals surface area contributed by atoms with Gasteiger partial charge in [-0.3, -0.25) is 15.0 Å². The van der Waals surface area contributed by atoms with E-state index in [0.717, 1.165) is 0 Å². The molecule has 3 rings (SSSR count). The summed E-state index contributed by atoms with van der Waals surface area (Å²) < 4.78 is 5.75. The molecule has 1 aliphatic heterocycles. The number of nitrogens with zero attached hydrogens (tertiary/aromatic N) is 1. The summed E-state index contributed by atoms with van der Waals surface area (Å²) in [5.41, 5.74) is 1.55. The van der Waals surface area contributed by atoms with Gasteiger partial charge >= 0.3 is 6.03 Å². The molecule has 1 atom stereocenters. The van der Waals surface area contributed by atoms with Crippen molar-refractivity contribution in [1.82, 2.24) is 15.8 Å². The fraction of sp³-hybridized carbons (Fsp3) is 0.211. The van der Waals surface area contributed by atoms with Crippen molar-refractivity contribution in [3.05, 3.63) is 60.2 Å². The second-order valence-corrected chi connectivity index (χ2v) is 6.11. The number of para-hydroxylation sites is 2. The summed E-state index contributed by atoms with van der Waals surface area (Å²) in [6, 6.07) is 15.0. The summed E-state index contributed by atoms with van der Waals surface area (Å²) in [5, 5.41) is 3.30. The Morgan fingerprint density at radius 1 is 1.12 bits per heavy atom. The molecule has 1 saturated heterocycles. The number of benzene rings is 2. The quantitative estimate of drug-likeness (QED) is 0.809. The van der Waals surface area contributed by atoms with Gasteiger partial charge in [-0.15, -0.1) is 0 Å². The Morgan fingerprint density at radius 2 is 1.77 bits per heavy atom. The Balaban J connectivity index is 1.81. The smallest absolute Gasteiger partial charge is 0.344 e. The van der Waals surface area contributed by atoms with Gasteiger partial charge < -0.3 is 10.1 Å². The van der Waals surface area contributed by atoms with Gasteiger partial charge in [0, 0.05) is 0 Å². The molecular weight excluding hydrogens is 334 g/mol. The fourth-order valence-corrected chi connectivity index (χ4v) is 2.55. The van der Waals surface area contributed by atoms with E-state index in [-0.39, 0.29) is 5.56 Å². The zero-order chi connectivity index (χ0) is 18.7. The molecule has 2 N–H and O–H groups in total. The first kappa shape index (κ1) is 17.5. The van der Waals surface area contributed by atoms with Crippen LogP contribution in [0.3, 0.4) is 0 Å². The number of nitrogens with one attached hydrogen (secondary N) is 2. The first-order valence-electron chi connectivity index (χ1n) is 8.24. The molecule has 2 aromatic rings. The van der Waals surface area contributed by atoms with Crippen LogP contribution in [0.15, 0.2) is 54.6 Å². The van der Waals surface area contributed by atoms with Gasteiger partial charge in [0.1, 0.15) is 17.0 Å². The highest BCUT2D eigenvalue weighted by Gasteiger charge is 2.47. The zero-order valence-corrected chi connectivity index (χ0v) is 14.5. The van der Waals surface area contributed by atoms with E-state index in [2.05, 4.69) is 10.7 Å². The maximum Gasteiger partial charge on any atom is 0.344 e. The third kappa shape index (κ3) is 3.23. The van der Waals surface area contributed by atoms with Gasteiger partial charge in [-0.25, -0.2) is 4.79 Å². The molecule has 2 aromatic carbocycles. The summed E-state index contributed by atoms with van der Waals surface area (Å²) in [7, 11) is 0. The predicted octanol–water partition coefficient (Wildman–Crippen LogP) is 2.84. The molecule has 7 nitrogen and oxygen atoms in total. The predicted molar refractivity (Wildman–Crippen MR) is 94.5 cm³/mol. The molecule has 4 amide bonds. The Labute approximate surface area is 150 Å². The number of rotatable bonds is 5. The highest BCUT2D eigenvalue weighted by molar-refractivity contribution is 6.09. The Kier molecular flexibility index (Phi) is 4.62. The van der Waals surface area contributed by atoms with E-state index in [1.165, 1.54) is 0 Å². The third-order valence-corrected chi connectivity index (χ3v) is 4.28. The average Bonchev–Trinajstić information content (AvgIpc) is 2.86. The molecule has 0 saturated carbocycles. The van der Waals surface area contributed by atoms with Crippen LogP contribution in [0.2, 0.25) is 0 Å². The summed E-state index contributed by atoms with van der Waals surface area (Å²) in [5.74, 6) is -0.219. The molecule has 26 heavy (non-hydrogen) atoms. The molecule has 1 fully saturated rings. The fourth-order valence-electron chi connectivity index (χ4n) is 2.55. The van der Waals surface area contributed by atoms with Gasteiger partial charge in [-0.1, -0.05) is 37.3 Å². The number of carbonyl (C=O) groups excluding carboxylic acids is 3. The van der Waals surface area contributed by atoms with Crippen LogP contribution in [-0.2, 0) is 4.79 Å². The summed E-state index contributed by atoms with van der Waals surface area (Å²) in [6.07, 6.45) is 0.414. The maximum atomic E-state index is 12.6. The van der Waals surface area contributed by atoms with Crippen LogP contribution < -0.4 is 15.5 Å². The lowest BCUT2D eigenvalue weighted by Gasteiger charge is -2.19. The molecule has 7 heteroatoms. The van der Waals surface area contributed by atoms with E-state index >= 15 is 0 Å².